The normalized spacial score (nSPS) is 11.3. The van der Waals surface area contributed by atoms with Gasteiger partial charge < -0.3 is 10.5 Å². The first-order valence-electron chi connectivity index (χ1n) is 5.73. The molecule has 0 radical (unpaired) electrons. The van der Waals surface area contributed by atoms with E-state index in [1.807, 2.05) is 0 Å². The third kappa shape index (κ3) is 3.12. The minimum Gasteiger partial charge on any atom is -0.570 e. The van der Waals surface area contributed by atoms with E-state index >= 15 is 0 Å². The zero-order valence-corrected chi connectivity index (χ0v) is 11.2. The smallest absolute Gasteiger partial charge is 0.123 e. The minimum atomic E-state index is -4.09. The number of nitrogens with zero attached hydrogens (tertiary/aromatic N) is 1. The second-order valence-corrected chi connectivity index (χ2v) is 5.66. The van der Waals surface area contributed by atoms with E-state index in [2.05, 4.69) is 10.5 Å². The first-order chi connectivity index (χ1) is 9.42. The highest BCUT2D eigenvalue weighted by molar-refractivity contribution is 7.94. The summed E-state index contributed by atoms with van der Waals surface area (Å²) in [6.07, 6.45) is 0. The molecule has 0 amide bonds. The van der Waals surface area contributed by atoms with E-state index in [-0.39, 0.29) is 4.90 Å². The zero-order valence-electron chi connectivity index (χ0n) is 10.4. The average molecular weight is 298 g/mol. The van der Waals surface area contributed by atoms with Crippen LogP contribution in [0.1, 0.15) is 5.56 Å². The predicted octanol–water partition coefficient (Wildman–Crippen LogP) is 2.10. The molecule has 0 fully saturated rings. The molecule has 106 valence electrons. The van der Waals surface area contributed by atoms with Crippen LogP contribution in [0.5, 0.6) is 0 Å². The Bertz CT molecular complexity index is 733. The van der Waals surface area contributed by atoms with Crippen LogP contribution in [0.25, 0.3) is 4.72 Å². The Morgan fingerprint density at radius 2 is 1.85 bits per heavy atom. The molecular weight excluding hydrogens is 286 g/mol. The van der Waals surface area contributed by atoms with Crippen LogP contribution in [0.4, 0.5) is 14.5 Å². The molecule has 4 nitrogen and oxygen atoms in total. The quantitative estimate of drug-likeness (QED) is 0.938. The summed E-state index contributed by atoms with van der Waals surface area (Å²) < 4.78 is 53.9. The van der Waals surface area contributed by atoms with Crippen molar-refractivity contribution in [2.75, 3.05) is 0 Å². The van der Waals surface area contributed by atoms with Gasteiger partial charge in [-0.15, -0.1) is 0 Å². The van der Waals surface area contributed by atoms with Crippen molar-refractivity contribution in [1.82, 2.24) is 0 Å². The molecule has 0 heterocycles. The number of hydrogen-bond donors (Lipinski definition) is 1. The Balaban J connectivity index is 2.38. The molecule has 0 saturated heterocycles. The molecule has 0 saturated carbocycles. The maximum atomic E-state index is 13.4. The maximum absolute atomic E-state index is 13.4. The Kier molecular flexibility index (Phi) is 4.01. The van der Waals surface area contributed by atoms with E-state index in [1.165, 1.54) is 12.1 Å². The number of hydrogen-bond acceptors (Lipinski definition) is 2. The van der Waals surface area contributed by atoms with Crippen molar-refractivity contribution in [2.45, 2.75) is 11.4 Å². The lowest BCUT2D eigenvalue weighted by molar-refractivity contribution is -0.386. The predicted molar refractivity (Wildman–Crippen MR) is 69.6 cm³/mol. The molecule has 0 bridgehead atoms. The lowest BCUT2D eigenvalue weighted by Gasteiger charge is -2.22. The molecule has 2 rings (SSSR count). The van der Waals surface area contributed by atoms with Gasteiger partial charge in [-0.1, -0.05) is 17.8 Å². The van der Waals surface area contributed by atoms with E-state index in [4.69, 9.17) is 0 Å². The summed E-state index contributed by atoms with van der Waals surface area (Å²) in [5.74, 6) is -1.66. The van der Waals surface area contributed by atoms with Gasteiger partial charge in [0.2, 0.25) is 0 Å². The highest BCUT2D eigenvalue weighted by Crippen LogP contribution is 2.30. The Hall–Kier alpha value is -1.99. The first kappa shape index (κ1) is 14.4. The number of benzene rings is 2. The molecule has 0 unspecified atom stereocenters. The molecule has 0 aliphatic carbocycles. The highest BCUT2D eigenvalue weighted by atomic mass is 32.2. The molecule has 7 heteroatoms. The molecule has 2 aromatic carbocycles. The van der Waals surface area contributed by atoms with Crippen molar-refractivity contribution in [1.29, 1.82) is 0 Å². The lowest BCUT2D eigenvalue weighted by atomic mass is 10.2. The SMILES string of the molecule is [NH3+]Cc1cccc(S(=O)(=O)[N-]c2cc(F)ccc2F)c1. The summed E-state index contributed by atoms with van der Waals surface area (Å²) in [6, 6.07) is 8.47. The van der Waals surface area contributed by atoms with E-state index in [0.717, 1.165) is 18.2 Å². The van der Waals surface area contributed by atoms with Crippen LogP contribution in [0, 0.1) is 11.6 Å². The minimum absolute atomic E-state index is 0.0812. The number of quaternary nitrogens is 1. The van der Waals surface area contributed by atoms with Crippen LogP contribution in [0.15, 0.2) is 47.4 Å². The van der Waals surface area contributed by atoms with Crippen LogP contribution < -0.4 is 5.73 Å². The van der Waals surface area contributed by atoms with Gasteiger partial charge in [0.25, 0.3) is 0 Å². The van der Waals surface area contributed by atoms with Crippen molar-refractivity contribution in [2.24, 2.45) is 0 Å². The summed E-state index contributed by atoms with van der Waals surface area (Å²) >= 11 is 0. The fourth-order valence-electron chi connectivity index (χ4n) is 1.60. The molecule has 0 aliphatic rings. The average Bonchev–Trinajstić information content (AvgIpc) is 2.43. The van der Waals surface area contributed by atoms with Gasteiger partial charge in [-0.25, -0.2) is 17.2 Å². The van der Waals surface area contributed by atoms with Crippen molar-refractivity contribution in [3.63, 3.8) is 0 Å². The van der Waals surface area contributed by atoms with Crippen LogP contribution in [0.3, 0.4) is 0 Å². The van der Waals surface area contributed by atoms with E-state index in [1.54, 1.807) is 12.1 Å². The molecule has 0 spiro atoms. The standard InChI is InChI=1S/C13H11F2N2O2S/c14-10-4-5-12(15)13(7-10)17-20(18,19)11-3-1-2-9(6-11)8-16/h1-7H,8,16H2/q-1/p+1. The van der Waals surface area contributed by atoms with Crippen molar-refractivity contribution < 1.29 is 22.9 Å². The highest BCUT2D eigenvalue weighted by Gasteiger charge is 2.08. The summed E-state index contributed by atoms with van der Waals surface area (Å²) in [7, 11) is -4.09. The Labute approximate surface area is 115 Å². The third-order valence-electron chi connectivity index (χ3n) is 2.61. The molecule has 0 atom stereocenters. The van der Waals surface area contributed by atoms with Crippen LogP contribution in [0.2, 0.25) is 0 Å². The topological polar surface area (TPSA) is 75.9 Å². The van der Waals surface area contributed by atoms with Gasteiger partial charge in [-0.05, 0) is 30.3 Å². The molecule has 0 aromatic heterocycles. The van der Waals surface area contributed by atoms with E-state index in [9.17, 15) is 17.2 Å². The summed E-state index contributed by atoms with van der Waals surface area (Å²) in [5, 5.41) is 0. The van der Waals surface area contributed by atoms with Gasteiger partial charge in [-0.2, -0.15) is 0 Å². The fraction of sp³-hybridized carbons (Fsp3) is 0.0769. The molecule has 3 N–H and O–H groups in total. The van der Waals surface area contributed by atoms with Gasteiger partial charge in [0.05, 0.1) is 11.4 Å². The molecular formula is C13H12F2N2O2S. The Morgan fingerprint density at radius 1 is 1.10 bits per heavy atom. The van der Waals surface area contributed by atoms with E-state index in [0.29, 0.717) is 12.1 Å². The fourth-order valence-corrected chi connectivity index (χ4v) is 2.65. The summed E-state index contributed by atoms with van der Waals surface area (Å²) in [4.78, 5) is -0.0812. The van der Waals surface area contributed by atoms with Crippen molar-refractivity contribution in [3.8, 4) is 0 Å². The third-order valence-corrected chi connectivity index (χ3v) is 3.90. The largest absolute Gasteiger partial charge is 0.570 e. The van der Waals surface area contributed by atoms with Crippen molar-refractivity contribution in [3.05, 3.63) is 64.4 Å². The van der Waals surface area contributed by atoms with Gasteiger partial charge in [0.1, 0.15) is 21.7 Å². The van der Waals surface area contributed by atoms with Crippen LogP contribution in [-0.4, -0.2) is 8.42 Å². The van der Waals surface area contributed by atoms with Gasteiger partial charge in [0, 0.05) is 5.56 Å². The summed E-state index contributed by atoms with van der Waals surface area (Å²) in [6.45, 7) is 0.414. The lowest BCUT2D eigenvalue weighted by Crippen LogP contribution is -2.47. The number of halogens is 2. The van der Waals surface area contributed by atoms with Gasteiger partial charge in [-0.3, -0.25) is 0 Å². The second kappa shape index (κ2) is 5.56. The molecule has 20 heavy (non-hydrogen) atoms. The van der Waals surface area contributed by atoms with Crippen LogP contribution >= 0.6 is 0 Å². The van der Waals surface area contributed by atoms with Gasteiger partial charge >= 0.3 is 0 Å². The first-order valence-corrected chi connectivity index (χ1v) is 7.17. The van der Waals surface area contributed by atoms with E-state index < -0.39 is 27.3 Å². The number of sulfonamides is 1. The summed E-state index contributed by atoms with van der Waals surface area (Å²) in [5.41, 5.74) is 3.81. The van der Waals surface area contributed by atoms with Gasteiger partial charge in [0.15, 0.2) is 0 Å². The molecule has 2 aromatic rings. The Morgan fingerprint density at radius 3 is 2.55 bits per heavy atom. The second-order valence-electron chi connectivity index (χ2n) is 4.06. The van der Waals surface area contributed by atoms with Crippen molar-refractivity contribution >= 4 is 15.7 Å². The monoisotopic (exact) mass is 298 g/mol. The number of rotatable bonds is 4. The zero-order chi connectivity index (χ0) is 14.8. The molecule has 0 aliphatic heterocycles. The maximum Gasteiger partial charge on any atom is 0.123 e. The van der Waals surface area contributed by atoms with Crippen LogP contribution in [-0.2, 0) is 16.6 Å².